The molecule has 2 aliphatic heterocycles. The molecule has 1 aromatic rings. The fraction of sp³-hybridized carbons (Fsp3) is 0.632. The lowest BCUT2D eigenvalue weighted by Gasteiger charge is -2.41. The zero-order valence-electron chi connectivity index (χ0n) is 15.9. The van der Waals surface area contributed by atoms with Crippen LogP contribution >= 0.6 is 0 Å². The van der Waals surface area contributed by atoms with Gasteiger partial charge in [-0.05, 0) is 45.1 Å². The van der Waals surface area contributed by atoms with E-state index in [0.717, 1.165) is 43.1 Å². The van der Waals surface area contributed by atoms with Gasteiger partial charge in [0.05, 0.1) is 20.3 Å². The van der Waals surface area contributed by atoms with Crippen LogP contribution in [0.1, 0.15) is 18.9 Å². The third-order valence-corrected chi connectivity index (χ3v) is 5.55. The van der Waals surface area contributed by atoms with Gasteiger partial charge in [0.25, 0.3) is 0 Å². The van der Waals surface area contributed by atoms with Crippen molar-refractivity contribution in [3.63, 3.8) is 0 Å². The maximum absolute atomic E-state index is 12.8. The zero-order chi connectivity index (χ0) is 18.1. The van der Waals surface area contributed by atoms with Gasteiger partial charge in [0.1, 0.15) is 11.5 Å². The Morgan fingerprint density at radius 2 is 1.76 bits per heavy atom. The second-order valence-electron chi connectivity index (χ2n) is 7.32. The maximum Gasteiger partial charge on any atom is 0.240 e. The topological polar surface area (TPSA) is 45.2 Å². The minimum absolute atomic E-state index is 0.102. The van der Waals surface area contributed by atoms with Crippen LogP contribution in [-0.4, -0.2) is 80.1 Å². The first-order chi connectivity index (χ1) is 11.9. The number of nitrogens with zero attached hydrogens (tertiary/aromatic N) is 3. The van der Waals surface area contributed by atoms with Gasteiger partial charge >= 0.3 is 0 Å². The van der Waals surface area contributed by atoms with Crippen LogP contribution in [0.2, 0.25) is 0 Å². The van der Waals surface area contributed by atoms with Gasteiger partial charge in [-0.15, -0.1) is 0 Å². The first kappa shape index (κ1) is 18.0. The summed E-state index contributed by atoms with van der Waals surface area (Å²) in [4.78, 5) is 19.4. The molecular weight excluding hydrogens is 318 g/mol. The van der Waals surface area contributed by atoms with Crippen molar-refractivity contribution in [1.29, 1.82) is 0 Å². The predicted octanol–water partition coefficient (Wildman–Crippen LogP) is 1.44. The molecule has 6 nitrogen and oxygen atoms in total. The standard InChI is InChI=1S/C19H29N3O3/c1-13-19(23)22-12-15(20(2)3)8-16(22)11-21(13)10-14-6-17(24-4)9-18(7-14)25-5/h6-7,9,13,15-16H,8,10-12H2,1-5H3/t13-,15-,16-/m0/s1. The molecule has 0 unspecified atom stereocenters. The van der Waals surface area contributed by atoms with E-state index in [1.54, 1.807) is 14.2 Å². The zero-order valence-corrected chi connectivity index (χ0v) is 15.9. The van der Waals surface area contributed by atoms with Gasteiger partial charge in [-0.2, -0.15) is 0 Å². The summed E-state index contributed by atoms with van der Waals surface area (Å²) in [6, 6.07) is 6.57. The highest BCUT2D eigenvalue weighted by Gasteiger charge is 2.44. The fourth-order valence-corrected chi connectivity index (χ4v) is 3.93. The van der Waals surface area contributed by atoms with Gasteiger partial charge in [0.15, 0.2) is 0 Å². The lowest BCUT2D eigenvalue weighted by molar-refractivity contribution is -0.143. The summed E-state index contributed by atoms with van der Waals surface area (Å²) in [5.41, 5.74) is 1.10. The molecular formula is C19H29N3O3. The van der Waals surface area contributed by atoms with E-state index in [4.69, 9.17) is 9.47 Å². The number of methoxy groups -OCH3 is 2. The Hall–Kier alpha value is -1.79. The van der Waals surface area contributed by atoms with Gasteiger partial charge < -0.3 is 19.3 Å². The number of likely N-dealkylation sites (N-methyl/N-ethyl adjacent to an activating group) is 1. The van der Waals surface area contributed by atoms with Crippen LogP contribution in [-0.2, 0) is 11.3 Å². The van der Waals surface area contributed by atoms with Crippen molar-refractivity contribution < 1.29 is 14.3 Å². The number of piperazine rings is 1. The first-order valence-electron chi connectivity index (χ1n) is 8.85. The summed E-state index contributed by atoms with van der Waals surface area (Å²) < 4.78 is 10.7. The molecule has 0 radical (unpaired) electrons. The molecule has 6 heteroatoms. The number of ether oxygens (including phenoxy) is 2. The lowest BCUT2D eigenvalue weighted by Crippen LogP contribution is -2.58. The van der Waals surface area contributed by atoms with E-state index in [9.17, 15) is 4.79 Å². The highest BCUT2D eigenvalue weighted by atomic mass is 16.5. The van der Waals surface area contributed by atoms with E-state index in [2.05, 4.69) is 28.8 Å². The van der Waals surface area contributed by atoms with E-state index in [0.29, 0.717) is 12.1 Å². The Balaban J connectivity index is 1.76. The second kappa shape index (κ2) is 7.22. The van der Waals surface area contributed by atoms with Crippen molar-refractivity contribution in [2.45, 2.75) is 38.0 Å². The third kappa shape index (κ3) is 3.60. The lowest BCUT2D eigenvalue weighted by atomic mass is 10.0. The highest BCUT2D eigenvalue weighted by molar-refractivity contribution is 5.83. The molecule has 3 rings (SSSR count). The maximum atomic E-state index is 12.8. The molecule has 1 amide bonds. The molecule has 0 N–H and O–H groups in total. The van der Waals surface area contributed by atoms with Gasteiger partial charge in [0.2, 0.25) is 5.91 Å². The summed E-state index contributed by atoms with van der Waals surface area (Å²) in [6.07, 6.45) is 1.05. The van der Waals surface area contributed by atoms with Crippen molar-refractivity contribution in [1.82, 2.24) is 14.7 Å². The Kier molecular flexibility index (Phi) is 5.20. The number of rotatable bonds is 5. The summed E-state index contributed by atoms with van der Waals surface area (Å²) in [5, 5.41) is 0. The number of carbonyl (C=O) groups excluding carboxylic acids is 1. The molecule has 0 saturated carbocycles. The average Bonchev–Trinajstić information content (AvgIpc) is 3.03. The summed E-state index contributed by atoms with van der Waals surface area (Å²) in [6.45, 7) is 4.49. The monoisotopic (exact) mass is 347 g/mol. The van der Waals surface area contributed by atoms with Crippen LogP contribution in [0.3, 0.4) is 0 Å². The number of hydrogen-bond acceptors (Lipinski definition) is 5. The van der Waals surface area contributed by atoms with Crippen LogP contribution in [0.4, 0.5) is 0 Å². The minimum atomic E-state index is -0.102. The minimum Gasteiger partial charge on any atom is -0.497 e. The Bertz CT molecular complexity index is 612. The van der Waals surface area contributed by atoms with Crippen LogP contribution in [0.25, 0.3) is 0 Å². The molecule has 0 aliphatic carbocycles. The van der Waals surface area contributed by atoms with Crippen molar-refractivity contribution in [3.8, 4) is 11.5 Å². The molecule has 2 heterocycles. The fourth-order valence-electron chi connectivity index (χ4n) is 3.93. The molecule has 2 saturated heterocycles. The normalized spacial score (nSPS) is 26.9. The molecule has 3 atom stereocenters. The molecule has 25 heavy (non-hydrogen) atoms. The summed E-state index contributed by atoms with van der Waals surface area (Å²) >= 11 is 0. The Labute approximate surface area is 150 Å². The molecule has 0 spiro atoms. The molecule has 2 aliphatic rings. The smallest absolute Gasteiger partial charge is 0.240 e. The first-order valence-corrected chi connectivity index (χ1v) is 8.85. The van der Waals surface area contributed by atoms with Crippen LogP contribution < -0.4 is 9.47 Å². The number of amides is 1. The molecule has 138 valence electrons. The van der Waals surface area contributed by atoms with Crippen LogP contribution in [0.5, 0.6) is 11.5 Å². The van der Waals surface area contributed by atoms with Gasteiger partial charge in [0, 0.05) is 37.8 Å². The van der Waals surface area contributed by atoms with Crippen molar-refractivity contribution in [3.05, 3.63) is 23.8 Å². The van der Waals surface area contributed by atoms with E-state index < -0.39 is 0 Å². The highest BCUT2D eigenvalue weighted by Crippen LogP contribution is 2.30. The third-order valence-electron chi connectivity index (χ3n) is 5.55. The largest absolute Gasteiger partial charge is 0.497 e. The SMILES string of the molecule is COc1cc(CN2C[C@@H]3C[C@H](N(C)C)CN3C(=O)[C@@H]2C)cc(OC)c1. The number of benzene rings is 1. The van der Waals surface area contributed by atoms with E-state index in [1.165, 1.54) is 0 Å². The summed E-state index contributed by atoms with van der Waals surface area (Å²) in [7, 11) is 7.50. The molecule has 1 aromatic carbocycles. The Morgan fingerprint density at radius 3 is 2.32 bits per heavy atom. The predicted molar refractivity (Wildman–Crippen MR) is 97.0 cm³/mol. The van der Waals surface area contributed by atoms with E-state index in [1.807, 2.05) is 25.1 Å². The molecule has 0 aromatic heterocycles. The number of carbonyl (C=O) groups is 1. The number of hydrogen-bond donors (Lipinski definition) is 0. The molecule has 0 bridgehead atoms. The second-order valence-corrected chi connectivity index (χ2v) is 7.32. The quantitative estimate of drug-likeness (QED) is 0.806. The van der Waals surface area contributed by atoms with Gasteiger partial charge in [-0.25, -0.2) is 0 Å². The van der Waals surface area contributed by atoms with Crippen LogP contribution in [0, 0.1) is 0 Å². The number of fused-ring (bicyclic) bond motifs is 1. The van der Waals surface area contributed by atoms with E-state index in [-0.39, 0.29) is 11.9 Å². The molecule has 2 fully saturated rings. The average molecular weight is 347 g/mol. The van der Waals surface area contributed by atoms with Gasteiger partial charge in [-0.1, -0.05) is 0 Å². The van der Waals surface area contributed by atoms with E-state index >= 15 is 0 Å². The van der Waals surface area contributed by atoms with Crippen LogP contribution in [0.15, 0.2) is 18.2 Å². The van der Waals surface area contributed by atoms with Gasteiger partial charge in [-0.3, -0.25) is 9.69 Å². The Morgan fingerprint density at radius 1 is 1.12 bits per heavy atom. The van der Waals surface area contributed by atoms with Crippen molar-refractivity contribution in [2.24, 2.45) is 0 Å². The van der Waals surface area contributed by atoms with Crippen molar-refractivity contribution in [2.75, 3.05) is 41.4 Å². The van der Waals surface area contributed by atoms with Crippen molar-refractivity contribution >= 4 is 5.91 Å². The summed E-state index contributed by atoms with van der Waals surface area (Å²) in [5.74, 6) is 1.80.